The number of aliphatic carboxylic acids is 1. The van der Waals surface area contributed by atoms with E-state index in [2.05, 4.69) is 11.1 Å². The summed E-state index contributed by atoms with van der Waals surface area (Å²) in [6, 6.07) is 0. The number of nitrogens with zero attached hydrogens (tertiary/aromatic N) is 1. The lowest BCUT2D eigenvalue weighted by Crippen LogP contribution is -2.03. The van der Waals surface area contributed by atoms with Gasteiger partial charge in [0.25, 0.3) is 0 Å². The molecule has 0 aliphatic heterocycles. The van der Waals surface area contributed by atoms with Crippen LogP contribution in [0.5, 0.6) is 0 Å². The van der Waals surface area contributed by atoms with Crippen LogP contribution in [-0.2, 0) is 9.63 Å². The van der Waals surface area contributed by atoms with Gasteiger partial charge in [0, 0.05) is 12.1 Å². The third kappa shape index (κ3) is 1.87. The molecule has 1 fully saturated rings. The third-order valence-electron chi connectivity index (χ3n) is 2.62. The van der Waals surface area contributed by atoms with E-state index >= 15 is 0 Å². The van der Waals surface area contributed by atoms with Crippen molar-refractivity contribution in [2.45, 2.75) is 13.8 Å². The van der Waals surface area contributed by atoms with Crippen LogP contribution < -0.4 is 0 Å². The van der Waals surface area contributed by atoms with E-state index in [4.69, 9.17) is 16.4 Å². The van der Waals surface area contributed by atoms with Crippen LogP contribution in [0.3, 0.4) is 0 Å². The zero-order valence-corrected chi connectivity index (χ0v) is 8.23. The number of hydrogen-bond donors (Lipinski definition) is 1. The molecule has 0 saturated heterocycles. The van der Waals surface area contributed by atoms with E-state index in [9.17, 15) is 4.79 Å². The SMILES string of the molecule is C#CCON=C[C@H]1[C@@H](C(=O)O)C1(C)C. The van der Waals surface area contributed by atoms with Crippen molar-refractivity contribution >= 4 is 12.2 Å². The number of terminal acetylenes is 1. The zero-order valence-electron chi connectivity index (χ0n) is 8.23. The van der Waals surface area contributed by atoms with Crippen LogP contribution in [-0.4, -0.2) is 23.9 Å². The number of rotatable bonds is 4. The van der Waals surface area contributed by atoms with Crippen molar-refractivity contribution in [3.8, 4) is 12.3 Å². The number of oxime groups is 1. The Hall–Kier alpha value is -1.50. The van der Waals surface area contributed by atoms with Crippen LogP contribution >= 0.6 is 0 Å². The van der Waals surface area contributed by atoms with Gasteiger partial charge in [0.05, 0.1) is 5.92 Å². The molecule has 1 aliphatic carbocycles. The smallest absolute Gasteiger partial charge is 0.307 e. The minimum atomic E-state index is -0.789. The van der Waals surface area contributed by atoms with Crippen molar-refractivity contribution < 1.29 is 14.7 Å². The average Bonchev–Trinajstić information content (AvgIpc) is 2.62. The van der Waals surface area contributed by atoms with E-state index in [0.717, 1.165) is 0 Å². The predicted molar refractivity (Wildman–Crippen MR) is 51.7 cm³/mol. The van der Waals surface area contributed by atoms with Gasteiger partial charge in [-0.3, -0.25) is 4.79 Å². The summed E-state index contributed by atoms with van der Waals surface area (Å²) in [6.45, 7) is 3.90. The van der Waals surface area contributed by atoms with Gasteiger partial charge in [-0.1, -0.05) is 24.9 Å². The van der Waals surface area contributed by atoms with E-state index < -0.39 is 5.97 Å². The molecule has 0 spiro atoms. The van der Waals surface area contributed by atoms with Gasteiger partial charge in [0.2, 0.25) is 0 Å². The van der Waals surface area contributed by atoms with E-state index in [1.54, 1.807) is 0 Å². The molecule has 0 amide bonds. The summed E-state index contributed by atoms with van der Waals surface area (Å²) in [5, 5.41) is 12.4. The van der Waals surface area contributed by atoms with Gasteiger partial charge >= 0.3 is 5.97 Å². The fourth-order valence-electron chi connectivity index (χ4n) is 1.61. The number of carbonyl (C=O) groups is 1. The number of carboxylic acids is 1. The quantitative estimate of drug-likeness (QED) is 0.315. The molecule has 2 atom stereocenters. The molecule has 0 radical (unpaired) electrons. The van der Waals surface area contributed by atoms with Crippen molar-refractivity contribution in [3.05, 3.63) is 0 Å². The second kappa shape index (κ2) is 3.70. The molecule has 4 nitrogen and oxygen atoms in total. The molecule has 1 rings (SSSR count). The summed E-state index contributed by atoms with van der Waals surface area (Å²) < 4.78 is 0. The summed E-state index contributed by atoms with van der Waals surface area (Å²) in [7, 11) is 0. The molecule has 0 aromatic heterocycles. The fraction of sp³-hybridized carbons (Fsp3) is 0.600. The number of hydrogen-bond acceptors (Lipinski definition) is 3. The topological polar surface area (TPSA) is 58.9 Å². The minimum absolute atomic E-state index is 0.0576. The van der Waals surface area contributed by atoms with Crippen LogP contribution in [0.2, 0.25) is 0 Å². The van der Waals surface area contributed by atoms with E-state index in [-0.39, 0.29) is 23.9 Å². The van der Waals surface area contributed by atoms with Crippen LogP contribution in [0.15, 0.2) is 5.16 Å². The molecule has 1 N–H and O–H groups in total. The van der Waals surface area contributed by atoms with Crippen molar-refractivity contribution in [1.29, 1.82) is 0 Å². The van der Waals surface area contributed by atoms with E-state index in [1.807, 2.05) is 13.8 Å². The molecule has 4 heteroatoms. The second-order valence-electron chi connectivity index (χ2n) is 3.90. The first-order valence-electron chi connectivity index (χ1n) is 4.33. The first-order valence-corrected chi connectivity index (χ1v) is 4.33. The van der Waals surface area contributed by atoms with Crippen molar-refractivity contribution in [2.75, 3.05) is 6.61 Å². The van der Waals surface area contributed by atoms with Crippen molar-refractivity contribution in [2.24, 2.45) is 22.4 Å². The van der Waals surface area contributed by atoms with Gasteiger partial charge in [-0.25, -0.2) is 0 Å². The molecule has 0 heterocycles. The summed E-state index contributed by atoms with van der Waals surface area (Å²) >= 11 is 0. The highest BCUT2D eigenvalue weighted by Crippen LogP contribution is 2.57. The highest BCUT2D eigenvalue weighted by Gasteiger charge is 2.61. The van der Waals surface area contributed by atoms with E-state index in [1.165, 1.54) is 6.21 Å². The van der Waals surface area contributed by atoms with E-state index in [0.29, 0.717) is 0 Å². The molecule has 14 heavy (non-hydrogen) atoms. The molecule has 0 aromatic rings. The molecule has 0 aromatic carbocycles. The predicted octanol–water partition coefficient (Wildman–Crippen LogP) is 0.979. The summed E-state index contributed by atoms with van der Waals surface area (Å²) in [6.07, 6.45) is 6.47. The lowest BCUT2D eigenvalue weighted by Gasteiger charge is -1.96. The Bertz CT molecular complexity index is 301. The molecule has 0 unspecified atom stereocenters. The van der Waals surface area contributed by atoms with Crippen LogP contribution in [0.25, 0.3) is 0 Å². The Kier molecular flexibility index (Phi) is 2.80. The van der Waals surface area contributed by atoms with Gasteiger partial charge in [-0.05, 0) is 5.41 Å². The van der Waals surface area contributed by atoms with Gasteiger partial charge in [-0.2, -0.15) is 0 Å². The maximum Gasteiger partial charge on any atom is 0.307 e. The lowest BCUT2D eigenvalue weighted by atomic mass is 10.1. The highest BCUT2D eigenvalue weighted by atomic mass is 16.6. The van der Waals surface area contributed by atoms with Gasteiger partial charge in [0.1, 0.15) is 0 Å². The fourth-order valence-corrected chi connectivity index (χ4v) is 1.61. The van der Waals surface area contributed by atoms with Crippen LogP contribution in [0, 0.1) is 29.6 Å². The van der Waals surface area contributed by atoms with Crippen molar-refractivity contribution in [3.63, 3.8) is 0 Å². The summed E-state index contributed by atoms with van der Waals surface area (Å²) in [5.41, 5.74) is -0.227. The average molecular weight is 195 g/mol. The Morgan fingerprint density at radius 3 is 2.86 bits per heavy atom. The Balaban J connectivity index is 2.45. The Morgan fingerprint density at radius 1 is 1.79 bits per heavy atom. The summed E-state index contributed by atoms with van der Waals surface area (Å²) in [4.78, 5) is 15.4. The second-order valence-corrected chi connectivity index (χ2v) is 3.90. The van der Waals surface area contributed by atoms with Gasteiger partial charge < -0.3 is 9.94 Å². The molecular formula is C10H13NO3. The third-order valence-corrected chi connectivity index (χ3v) is 2.62. The maximum absolute atomic E-state index is 10.7. The maximum atomic E-state index is 10.7. The molecule has 0 bridgehead atoms. The number of carboxylic acid groups (broad SMARTS) is 1. The molecular weight excluding hydrogens is 182 g/mol. The van der Waals surface area contributed by atoms with Crippen molar-refractivity contribution in [1.82, 2.24) is 0 Å². The summed E-state index contributed by atoms with van der Waals surface area (Å²) in [5.74, 6) is 1.06. The molecule has 1 saturated carbocycles. The molecule has 76 valence electrons. The van der Waals surface area contributed by atoms with Gasteiger partial charge in [0.15, 0.2) is 6.61 Å². The Morgan fingerprint density at radius 2 is 2.43 bits per heavy atom. The lowest BCUT2D eigenvalue weighted by molar-refractivity contribution is -0.139. The van der Waals surface area contributed by atoms with Gasteiger partial charge in [-0.15, -0.1) is 6.42 Å². The molecule has 1 aliphatic rings. The Labute approximate surface area is 82.9 Å². The first kappa shape index (κ1) is 10.6. The minimum Gasteiger partial charge on any atom is -0.481 e. The normalized spacial score (nSPS) is 28.4. The first-order chi connectivity index (χ1) is 6.51. The van der Waals surface area contributed by atoms with Crippen LogP contribution in [0.4, 0.5) is 0 Å². The standard InChI is InChI=1S/C10H13NO3/c1-4-5-14-11-6-7-8(9(12)13)10(7,2)3/h1,6-8H,5H2,2-3H3,(H,12,13)/t7-,8-/m0/s1. The monoisotopic (exact) mass is 195 g/mol. The van der Waals surface area contributed by atoms with Crippen LogP contribution in [0.1, 0.15) is 13.8 Å². The largest absolute Gasteiger partial charge is 0.481 e. The zero-order chi connectivity index (χ0) is 10.8. The highest BCUT2D eigenvalue weighted by molar-refractivity contribution is 5.84.